The maximum atomic E-state index is 8.58. The molecule has 2 rings (SSSR count). The molecule has 0 aliphatic carbocycles. The fourth-order valence-electron chi connectivity index (χ4n) is 1.38. The number of rotatable bonds is 5. The van der Waals surface area contributed by atoms with Crippen molar-refractivity contribution in [1.29, 1.82) is 0 Å². The zero-order chi connectivity index (χ0) is 14.4. The fourth-order valence-corrected chi connectivity index (χ4v) is 1.38. The second-order valence-electron chi connectivity index (χ2n) is 3.47. The summed E-state index contributed by atoms with van der Waals surface area (Å²) in [5.41, 5.74) is 0.334. The van der Waals surface area contributed by atoms with Gasteiger partial charge < -0.3 is 19.4 Å². The van der Waals surface area contributed by atoms with E-state index < -0.39 is 0 Å². The van der Waals surface area contributed by atoms with Crippen molar-refractivity contribution in [3.63, 3.8) is 0 Å². The summed E-state index contributed by atoms with van der Waals surface area (Å²) in [6, 6.07) is 4.86. The van der Waals surface area contributed by atoms with Crippen molar-refractivity contribution in [2.24, 2.45) is 5.16 Å². The zero-order valence-electron chi connectivity index (χ0n) is 10.8. The van der Waals surface area contributed by atoms with E-state index in [9.17, 15) is 0 Å². The van der Waals surface area contributed by atoms with Crippen LogP contribution in [0.1, 0.15) is 5.69 Å². The van der Waals surface area contributed by atoms with Gasteiger partial charge in [0.25, 0.3) is 0 Å². The average Bonchev–Trinajstić information content (AvgIpc) is 2.49. The van der Waals surface area contributed by atoms with Crippen molar-refractivity contribution in [2.75, 3.05) is 14.2 Å². The van der Waals surface area contributed by atoms with Gasteiger partial charge in [-0.2, -0.15) is 9.97 Å². The molecule has 0 aliphatic heterocycles. The summed E-state index contributed by atoms with van der Waals surface area (Å²) in [6.45, 7) is 0. The van der Waals surface area contributed by atoms with E-state index in [1.807, 2.05) is 0 Å². The Morgan fingerprint density at radius 2 is 1.90 bits per heavy atom. The number of nitrogens with zero attached hydrogens (tertiary/aromatic N) is 4. The number of hydrogen-bond donors (Lipinski definition) is 1. The molecule has 104 valence electrons. The highest BCUT2D eigenvalue weighted by molar-refractivity contribution is 5.80. The molecule has 8 nitrogen and oxygen atoms in total. The summed E-state index contributed by atoms with van der Waals surface area (Å²) >= 11 is 0. The largest absolute Gasteiger partial charge is 0.481 e. The molecule has 0 radical (unpaired) electrons. The fraction of sp³-hybridized carbons (Fsp3) is 0.167. The first kappa shape index (κ1) is 13.5. The van der Waals surface area contributed by atoms with Crippen molar-refractivity contribution in [1.82, 2.24) is 15.0 Å². The van der Waals surface area contributed by atoms with Crippen LogP contribution in [0.25, 0.3) is 0 Å². The first-order valence-corrected chi connectivity index (χ1v) is 5.54. The Kier molecular flexibility index (Phi) is 4.28. The quantitative estimate of drug-likeness (QED) is 0.501. The molecule has 0 atom stereocenters. The Labute approximate surface area is 114 Å². The van der Waals surface area contributed by atoms with Gasteiger partial charge in [0.15, 0.2) is 5.75 Å². The third-order valence-electron chi connectivity index (χ3n) is 2.26. The van der Waals surface area contributed by atoms with Gasteiger partial charge in [0.1, 0.15) is 5.69 Å². The van der Waals surface area contributed by atoms with Gasteiger partial charge in [-0.15, -0.1) is 0 Å². The van der Waals surface area contributed by atoms with Gasteiger partial charge in [-0.25, -0.2) is 0 Å². The lowest BCUT2D eigenvalue weighted by Gasteiger charge is -2.08. The second-order valence-corrected chi connectivity index (χ2v) is 3.47. The molecule has 0 unspecified atom stereocenters. The lowest BCUT2D eigenvalue weighted by Crippen LogP contribution is -2.00. The smallest absolute Gasteiger partial charge is 0.328 e. The lowest BCUT2D eigenvalue weighted by molar-refractivity contribution is 0.321. The summed E-state index contributed by atoms with van der Waals surface area (Å²) in [5.74, 6) is 0.932. The number of methoxy groups -OCH3 is 2. The monoisotopic (exact) mass is 276 g/mol. The van der Waals surface area contributed by atoms with Crippen LogP contribution in [0.3, 0.4) is 0 Å². The number of oxime groups is 1. The molecule has 0 saturated carbocycles. The minimum Gasteiger partial charge on any atom is -0.481 e. The summed E-state index contributed by atoms with van der Waals surface area (Å²) in [5, 5.41) is 11.5. The summed E-state index contributed by atoms with van der Waals surface area (Å²) in [6.07, 6.45) is 2.68. The Bertz CT molecular complexity index is 596. The third-order valence-corrected chi connectivity index (χ3v) is 2.26. The lowest BCUT2D eigenvalue weighted by atomic mass is 10.3. The van der Waals surface area contributed by atoms with E-state index in [2.05, 4.69) is 20.1 Å². The minimum atomic E-state index is 0.0294. The van der Waals surface area contributed by atoms with Crippen LogP contribution < -0.4 is 14.2 Å². The van der Waals surface area contributed by atoms with Crippen molar-refractivity contribution in [3.05, 3.63) is 30.1 Å². The molecule has 2 aromatic rings. The van der Waals surface area contributed by atoms with Crippen LogP contribution in [-0.2, 0) is 0 Å². The van der Waals surface area contributed by atoms with Gasteiger partial charge in [0.2, 0.25) is 11.8 Å². The van der Waals surface area contributed by atoms with E-state index in [4.69, 9.17) is 19.4 Å². The molecule has 0 amide bonds. The van der Waals surface area contributed by atoms with E-state index in [-0.39, 0.29) is 6.01 Å². The van der Waals surface area contributed by atoms with Crippen LogP contribution in [0.15, 0.2) is 29.6 Å². The molecule has 0 spiro atoms. The van der Waals surface area contributed by atoms with Crippen LogP contribution in [0.4, 0.5) is 0 Å². The molecule has 8 heteroatoms. The predicted molar refractivity (Wildman–Crippen MR) is 68.8 cm³/mol. The van der Waals surface area contributed by atoms with Gasteiger partial charge >= 0.3 is 6.01 Å². The molecule has 0 fully saturated rings. The van der Waals surface area contributed by atoms with Crippen molar-refractivity contribution < 1.29 is 19.4 Å². The number of aromatic nitrogens is 3. The Hall–Kier alpha value is -2.90. The van der Waals surface area contributed by atoms with E-state index in [0.29, 0.717) is 23.2 Å². The maximum absolute atomic E-state index is 8.58. The molecular weight excluding hydrogens is 264 g/mol. The number of hydrogen-bond acceptors (Lipinski definition) is 8. The van der Waals surface area contributed by atoms with Gasteiger partial charge in [0.05, 0.1) is 26.5 Å². The molecule has 0 saturated heterocycles. The highest BCUT2D eigenvalue weighted by Gasteiger charge is 2.10. The number of pyridine rings is 1. The molecule has 0 aliphatic rings. The van der Waals surface area contributed by atoms with E-state index in [1.54, 1.807) is 12.1 Å². The van der Waals surface area contributed by atoms with Crippen LogP contribution in [0, 0.1) is 0 Å². The topological polar surface area (TPSA) is 99.0 Å². The molecule has 0 aromatic carbocycles. The van der Waals surface area contributed by atoms with E-state index in [1.165, 1.54) is 26.5 Å². The molecular formula is C12H12N4O4. The summed E-state index contributed by atoms with van der Waals surface area (Å²) < 4.78 is 15.5. The van der Waals surface area contributed by atoms with E-state index in [0.717, 1.165) is 6.21 Å². The van der Waals surface area contributed by atoms with Gasteiger partial charge in [-0.05, 0) is 12.1 Å². The molecule has 20 heavy (non-hydrogen) atoms. The van der Waals surface area contributed by atoms with Crippen molar-refractivity contribution in [2.45, 2.75) is 0 Å². The van der Waals surface area contributed by atoms with E-state index >= 15 is 0 Å². The highest BCUT2D eigenvalue weighted by atomic mass is 16.5. The Balaban J connectivity index is 2.34. The van der Waals surface area contributed by atoms with Crippen LogP contribution in [-0.4, -0.2) is 40.6 Å². The first-order valence-electron chi connectivity index (χ1n) is 5.54. The van der Waals surface area contributed by atoms with Crippen LogP contribution >= 0.6 is 0 Å². The summed E-state index contributed by atoms with van der Waals surface area (Å²) in [4.78, 5) is 12.0. The van der Waals surface area contributed by atoms with Crippen LogP contribution in [0.2, 0.25) is 0 Å². The molecule has 2 heterocycles. The van der Waals surface area contributed by atoms with Crippen molar-refractivity contribution >= 4 is 6.21 Å². The second kappa shape index (κ2) is 6.32. The van der Waals surface area contributed by atoms with Crippen LogP contribution in [0.5, 0.6) is 23.5 Å². The number of ether oxygens (including phenoxy) is 3. The highest BCUT2D eigenvalue weighted by Crippen LogP contribution is 2.24. The normalized spacial score (nSPS) is 10.5. The zero-order valence-corrected chi connectivity index (χ0v) is 10.8. The third kappa shape index (κ3) is 3.10. The molecule has 0 bridgehead atoms. The predicted octanol–water partition coefficient (Wildman–Crippen LogP) is 1.49. The molecule has 1 N–H and O–H groups in total. The maximum Gasteiger partial charge on any atom is 0.328 e. The van der Waals surface area contributed by atoms with Gasteiger partial charge in [0, 0.05) is 6.20 Å². The van der Waals surface area contributed by atoms with Crippen molar-refractivity contribution in [3.8, 4) is 23.5 Å². The SMILES string of the molecule is COc1cc(OC)nc(Oc2cccnc2C=NO)n1. The Morgan fingerprint density at radius 1 is 1.20 bits per heavy atom. The van der Waals surface area contributed by atoms with Gasteiger partial charge in [-0.3, -0.25) is 4.98 Å². The molecule has 2 aromatic heterocycles. The summed E-state index contributed by atoms with van der Waals surface area (Å²) in [7, 11) is 2.94. The van der Waals surface area contributed by atoms with Gasteiger partial charge in [-0.1, -0.05) is 5.16 Å². The minimum absolute atomic E-state index is 0.0294. The Morgan fingerprint density at radius 3 is 2.50 bits per heavy atom. The standard InChI is InChI=1S/C12H12N4O4/c1-18-10-6-11(19-2)16-12(15-10)20-9-4-3-5-13-8(9)7-14-17/h3-7,17H,1-2H3. The average molecular weight is 276 g/mol. The first-order chi connectivity index (χ1) is 9.76.